The van der Waals surface area contributed by atoms with Gasteiger partial charge in [0.15, 0.2) is 5.16 Å². The number of aliphatic carboxylic acids is 1. The molecule has 1 aromatic heterocycles. The molecule has 0 amide bonds. The largest absolute Gasteiger partial charge is 0.481 e. The first-order chi connectivity index (χ1) is 8.60. The smallest absolute Gasteiger partial charge is 0.344 e. The Morgan fingerprint density at radius 3 is 2.78 bits per heavy atom. The summed E-state index contributed by atoms with van der Waals surface area (Å²) in [6.07, 6.45) is 2.07. The van der Waals surface area contributed by atoms with Crippen LogP contribution in [0.1, 0.15) is 25.3 Å². The lowest BCUT2D eigenvalue weighted by Crippen LogP contribution is -2.58. The number of hydrogen-bond acceptors (Lipinski definition) is 5. The third kappa shape index (κ3) is 2.05. The third-order valence-electron chi connectivity index (χ3n) is 3.26. The molecule has 0 atom stereocenters. The van der Waals surface area contributed by atoms with E-state index in [1.807, 2.05) is 0 Å². The molecule has 0 aromatic carbocycles. The quantitative estimate of drug-likeness (QED) is 0.686. The Labute approximate surface area is 107 Å². The highest BCUT2D eigenvalue weighted by molar-refractivity contribution is 8.00. The number of nitrogens with one attached hydrogen (secondary N) is 2. The van der Waals surface area contributed by atoms with Gasteiger partial charge in [-0.3, -0.25) is 9.36 Å². The summed E-state index contributed by atoms with van der Waals surface area (Å²) in [5, 5.41) is 19.1. The third-order valence-corrected chi connectivity index (χ3v) is 4.60. The van der Waals surface area contributed by atoms with E-state index in [2.05, 4.69) is 15.5 Å². The van der Waals surface area contributed by atoms with Gasteiger partial charge in [-0.05, 0) is 12.8 Å². The van der Waals surface area contributed by atoms with Gasteiger partial charge in [0.2, 0.25) is 0 Å². The summed E-state index contributed by atoms with van der Waals surface area (Å²) in [4.78, 5) is 22.5. The zero-order valence-corrected chi connectivity index (χ0v) is 10.5. The Balaban J connectivity index is 1.83. The van der Waals surface area contributed by atoms with Gasteiger partial charge in [-0.2, -0.15) is 0 Å². The van der Waals surface area contributed by atoms with E-state index in [1.165, 1.54) is 11.8 Å². The highest BCUT2D eigenvalue weighted by atomic mass is 32.2. The number of H-pyrrole nitrogens is 1. The zero-order valence-electron chi connectivity index (χ0n) is 9.68. The summed E-state index contributed by atoms with van der Waals surface area (Å²) in [7, 11) is 0. The predicted octanol–water partition coefficient (Wildman–Crippen LogP) is -0.185. The monoisotopic (exact) mass is 270 g/mol. The van der Waals surface area contributed by atoms with E-state index in [0.29, 0.717) is 18.2 Å². The SMILES string of the molecule is O=C(O)CC1(Sc2n[nH]c(=O)n2C2CC2)CNC1. The number of nitrogens with zero attached hydrogens (tertiary/aromatic N) is 2. The fourth-order valence-corrected chi connectivity index (χ4v) is 3.48. The summed E-state index contributed by atoms with van der Waals surface area (Å²) in [6.45, 7) is 1.27. The van der Waals surface area contributed by atoms with Crippen molar-refractivity contribution in [3.8, 4) is 0 Å². The first-order valence-corrected chi connectivity index (χ1v) is 6.70. The van der Waals surface area contributed by atoms with Crippen molar-refractivity contribution in [3.05, 3.63) is 10.5 Å². The van der Waals surface area contributed by atoms with Crippen LogP contribution < -0.4 is 11.0 Å². The number of rotatable bonds is 5. The Morgan fingerprint density at radius 1 is 1.56 bits per heavy atom. The van der Waals surface area contributed by atoms with Crippen molar-refractivity contribution in [2.24, 2.45) is 0 Å². The van der Waals surface area contributed by atoms with Crippen LogP contribution in [0.25, 0.3) is 0 Å². The molecule has 18 heavy (non-hydrogen) atoms. The van der Waals surface area contributed by atoms with Gasteiger partial charge in [-0.1, -0.05) is 11.8 Å². The number of carbonyl (C=O) groups is 1. The number of hydrogen-bond donors (Lipinski definition) is 3. The molecule has 3 N–H and O–H groups in total. The number of carboxylic acids is 1. The average Bonchev–Trinajstić information content (AvgIpc) is 3.01. The minimum Gasteiger partial charge on any atom is -0.481 e. The van der Waals surface area contributed by atoms with Crippen LogP contribution in [-0.4, -0.2) is 43.7 Å². The standard InChI is InChI=1S/C10H14N4O3S/c15-7(16)3-10(4-11-5-10)18-9-13-12-8(17)14(9)6-1-2-6/h6,11H,1-5H2,(H,12,17)(H,15,16). The van der Waals surface area contributed by atoms with E-state index < -0.39 is 5.97 Å². The van der Waals surface area contributed by atoms with Crippen LogP contribution in [0.15, 0.2) is 9.95 Å². The van der Waals surface area contributed by atoms with Crippen LogP contribution in [0.3, 0.4) is 0 Å². The molecule has 0 radical (unpaired) electrons. The highest BCUT2D eigenvalue weighted by Crippen LogP contribution is 2.41. The Hall–Kier alpha value is -1.28. The van der Waals surface area contributed by atoms with Crippen molar-refractivity contribution < 1.29 is 9.90 Å². The van der Waals surface area contributed by atoms with Crippen LogP contribution in [0, 0.1) is 0 Å². The molecule has 8 heteroatoms. The molecule has 3 rings (SSSR count). The van der Waals surface area contributed by atoms with Crippen LogP contribution in [-0.2, 0) is 4.79 Å². The molecule has 7 nitrogen and oxygen atoms in total. The van der Waals surface area contributed by atoms with Gasteiger partial charge in [0.1, 0.15) is 0 Å². The van der Waals surface area contributed by atoms with Crippen molar-refractivity contribution in [1.82, 2.24) is 20.1 Å². The van der Waals surface area contributed by atoms with Gasteiger partial charge in [-0.25, -0.2) is 9.89 Å². The average molecular weight is 270 g/mol. The summed E-state index contributed by atoms with van der Waals surface area (Å²) in [5.41, 5.74) is -0.197. The minimum atomic E-state index is -0.820. The van der Waals surface area contributed by atoms with Gasteiger partial charge in [0.05, 0.1) is 11.2 Å². The molecule has 1 aliphatic carbocycles. The topological polar surface area (TPSA) is 100 Å². The van der Waals surface area contributed by atoms with E-state index in [9.17, 15) is 9.59 Å². The lowest BCUT2D eigenvalue weighted by atomic mass is 9.98. The second-order valence-corrected chi connectivity index (χ2v) is 6.31. The molecular formula is C10H14N4O3S. The number of carboxylic acid groups (broad SMARTS) is 1. The lowest BCUT2D eigenvalue weighted by molar-refractivity contribution is -0.138. The van der Waals surface area contributed by atoms with Crippen LogP contribution >= 0.6 is 11.8 Å². The molecule has 1 aliphatic heterocycles. The summed E-state index contributed by atoms with van der Waals surface area (Å²) in [5.74, 6) is -0.820. The normalized spacial score (nSPS) is 21.6. The van der Waals surface area contributed by atoms with E-state index >= 15 is 0 Å². The highest BCUT2D eigenvalue weighted by Gasteiger charge is 2.42. The van der Waals surface area contributed by atoms with E-state index in [1.54, 1.807) is 4.57 Å². The van der Waals surface area contributed by atoms with Crippen LogP contribution in [0.5, 0.6) is 0 Å². The molecule has 1 saturated heterocycles. The van der Waals surface area contributed by atoms with Crippen LogP contribution in [0.4, 0.5) is 0 Å². The predicted molar refractivity (Wildman–Crippen MR) is 64.8 cm³/mol. The van der Waals surface area contributed by atoms with Crippen molar-refractivity contribution in [3.63, 3.8) is 0 Å². The van der Waals surface area contributed by atoms with Crippen molar-refractivity contribution >= 4 is 17.7 Å². The lowest BCUT2D eigenvalue weighted by Gasteiger charge is -2.40. The van der Waals surface area contributed by atoms with Gasteiger partial charge in [0, 0.05) is 19.1 Å². The second kappa shape index (κ2) is 4.13. The van der Waals surface area contributed by atoms with Crippen molar-refractivity contribution in [1.29, 1.82) is 0 Å². The van der Waals surface area contributed by atoms with Crippen LogP contribution in [0.2, 0.25) is 0 Å². The summed E-state index contributed by atoms with van der Waals surface area (Å²) < 4.78 is 1.29. The van der Waals surface area contributed by atoms with Gasteiger partial charge >= 0.3 is 11.7 Å². The molecule has 1 aromatic rings. The van der Waals surface area contributed by atoms with Gasteiger partial charge < -0.3 is 10.4 Å². The first-order valence-electron chi connectivity index (χ1n) is 5.88. The van der Waals surface area contributed by atoms with Crippen molar-refractivity contribution in [2.75, 3.05) is 13.1 Å². The van der Waals surface area contributed by atoms with Gasteiger partial charge in [-0.15, -0.1) is 5.10 Å². The van der Waals surface area contributed by atoms with E-state index in [0.717, 1.165) is 12.8 Å². The molecule has 2 aliphatic rings. The molecule has 2 heterocycles. The fourth-order valence-electron chi connectivity index (χ4n) is 2.12. The molecule has 98 valence electrons. The molecule has 1 saturated carbocycles. The first kappa shape index (κ1) is 11.8. The maximum atomic E-state index is 11.6. The minimum absolute atomic E-state index is 0.0797. The van der Waals surface area contributed by atoms with E-state index in [-0.39, 0.29) is 22.9 Å². The fraction of sp³-hybridized carbons (Fsp3) is 0.700. The Kier molecular flexibility index (Phi) is 2.70. The number of aromatic nitrogens is 3. The zero-order chi connectivity index (χ0) is 12.8. The summed E-state index contributed by atoms with van der Waals surface area (Å²) in [6, 6.07) is 0.244. The maximum Gasteiger partial charge on any atom is 0.344 e. The van der Waals surface area contributed by atoms with Crippen molar-refractivity contribution in [2.45, 2.75) is 35.2 Å². The summed E-state index contributed by atoms with van der Waals surface area (Å²) >= 11 is 1.40. The number of aromatic amines is 1. The number of thioether (sulfide) groups is 1. The molecule has 0 unspecified atom stereocenters. The molecule has 0 spiro atoms. The molecule has 0 bridgehead atoms. The molecular weight excluding hydrogens is 256 g/mol. The Bertz CT molecular complexity index is 529. The maximum absolute atomic E-state index is 11.6. The van der Waals surface area contributed by atoms with Gasteiger partial charge in [0.25, 0.3) is 0 Å². The second-order valence-electron chi connectivity index (χ2n) is 4.87. The van der Waals surface area contributed by atoms with E-state index in [4.69, 9.17) is 5.11 Å². The Morgan fingerprint density at radius 2 is 2.28 bits per heavy atom. The molecule has 2 fully saturated rings.